The van der Waals surface area contributed by atoms with Gasteiger partial charge in [0.1, 0.15) is 0 Å². The van der Waals surface area contributed by atoms with Crippen LogP contribution in [0.5, 0.6) is 0 Å². The Balaban J connectivity index is 2.82. The number of nitrogens with two attached hydrogens (primary N) is 1. The first-order valence-corrected chi connectivity index (χ1v) is 3.15. The quantitative estimate of drug-likeness (QED) is 0.451. The maximum atomic E-state index is 5.10. The van der Waals surface area contributed by atoms with E-state index in [4.69, 9.17) is 5.73 Å². The van der Waals surface area contributed by atoms with Gasteiger partial charge in [-0.05, 0) is 18.6 Å². The molecule has 0 atom stereocenters. The predicted molar refractivity (Wildman–Crippen MR) is 38.7 cm³/mol. The van der Waals surface area contributed by atoms with Crippen molar-refractivity contribution in [1.29, 1.82) is 0 Å². The van der Waals surface area contributed by atoms with Gasteiger partial charge in [-0.3, -0.25) is 5.32 Å². The molecule has 0 aliphatic carbocycles. The van der Waals surface area contributed by atoms with Crippen LogP contribution in [0, 0.1) is 0 Å². The lowest BCUT2D eigenvalue weighted by molar-refractivity contribution is 0.749. The Hall–Kier alpha value is -0.310. The minimum atomic E-state index is 0.276. The van der Waals surface area contributed by atoms with E-state index in [1.165, 1.54) is 0 Å². The molecule has 0 aromatic rings. The summed E-state index contributed by atoms with van der Waals surface area (Å²) in [5, 5.41) is 4.10. The van der Waals surface area contributed by atoms with Crippen LogP contribution in [-0.2, 0) is 0 Å². The van der Waals surface area contributed by atoms with Gasteiger partial charge in [0.05, 0.1) is 0 Å². The van der Waals surface area contributed by atoms with Gasteiger partial charge in [-0.15, -0.1) is 0 Å². The summed E-state index contributed by atoms with van der Waals surface area (Å²) in [6.07, 6.45) is 2.23. The lowest BCUT2D eigenvalue weighted by atomic mass is 10.3. The lowest BCUT2D eigenvalue weighted by Crippen LogP contribution is -2.22. The van der Waals surface area contributed by atoms with E-state index in [0.29, 0.717) is 0 Å². The van der Waals surface area contributed by atoms with Crippen molar-refractivity contribution in [3.05, 3.63) is 0 Å². The van der Waals surface area contributed by atoms with E-state index >= 15 is 0 Å². The number of hydrogen-bond donors (Lipinski definition) is 1. The van der Waals surface area contributed by atoms with Crippen molar-refractivity contribution in [3.8, 4) is 0 Å². The molecule has 0 spiro atoms. The lowest BCUT2D eigenvalue weighted by Gasteiger charge is -1.95. The highest BCUT2D eigenvalue weighted by Gasteiger charge is 1.85. The number of thiocarbonyl (C=S) groups is 1. The Kier molecular flexibility index (Phi) is 4.65. The van der Waals surface area contributed by atoms with E-state index in [9.17, 15) is 0 Å². The normalized spacial score (nSPS) is 8.62. The molecule has 8 heavy (non-hydrogen) atoms. The molecule has 2 N–H and O–H groups in total. The Bertz CT molecular complexity index is 72.8. The van der Waals surface area contributed by atoms with Crippen molar-refractivity contribution in [2.24, 2.45) is 5.73 Å². The van der Waals surface area contributed by atoms with Crippen LogP contribution < -0.4 is 11.1 Å². The molecule has 0 unspecified atom stereocenters. The van der Waals surface area contributed by atoms with Crippen molar-refractivity contribution in [3.63, 3.8) is 0 Å². The van der Waals surface area contributed by atoms with Crippen molar-refractivity contribution in [2.75, 3.05) is 6.54 Å². The molecular formula is C5H11N2S. The third-order valence-corrected chi connectivity index (χ3v) is 0.908. The second-order valence-electron chi connectivity index (χ2n) is 1.57. The summed E-state index contributed by atoms with van der Waals surface area (Å²) in [7, 11) is 0. The zero-order chi connectivity index (χ0) is 6.41. The molecule has 0 aromatic heterocycles. The highest BCUT2D eigenvalue weighted by Crippen LogP contribution is 1.82. The molecule has 0 amide bonds. The van der Waals surface area contributed by atoms with Gasteiger partial charge in [0, 0.05) is 6.54 Å². The molecule has 0 fully saturated rings. The molecule has 2 nitrogen and oxygen atoms in total. The van der Waals surface area contributed by atoms with Crippen molar-refractivity contribution in [1.82, 2.24) is 5.32 Å². The third kappa shape index (κ3) is 5.69. The minimum absolute atomic E-state index is 0.276. The zero-order valence-corrected chi connectivity index (χ0v) is 5.87. The number of rotatable bonds is 3. The molecule has 47 valence electrons. The van der Waals surface area contributed by atoms with Crippen LogP contribution in [0.2, 0.25) is 0 Å². The van der Waals surface area contributed by atoms with Crippen molar-refractivity contribution in [2.45, 2.75) is 19.8 Å². The van der Waals surface area contributed by atoms with E-state index in [1.54, 1.807) is 0 Å². The first kappa shape index (κ1) is 7.69. The van der Waals surface area contributed by atoms with Gasteiger partial charge in [-0.2, -0.15) is 0 Å². The summed E-state index contributed by atoms with van der Waals surface area (Å²) in [6, 6.07) is 0. The fourth-order valence-electron chi connectivity index (χ4n) is 0.347. The average Bonchev–Trinajstić information content (AvgIpc) is 1.66. The molecule has 0 heterocycles. The zero-order valence-electron chi connectivity index (χ0n) is 5.05. The first-order valence-electron chi connectivity index (χ1n) is 2.74. The van der Waals surface area contributed by atoms with E-state index in [-0.39, 0.29) is 5.11 Å². The first-order chi connectivity index (χ1) is 3.77. The number of nitrogens with zero attached hydrogens (tertiary/aromatic N) is 1. The molecule has 1 radical (unpaired) electrons. The van der Waals surface area contributed by atoms with Crippen LogP contribution in [0.15, 0.2) is 0 Å². The summed E-state index contributed by atoms with van der Waals surface area (Å²) in [4.78, 5) is 0. The smallest absolute Gasteiger partial charge is 0.185 e. The third-order valence-electron chi connectivity index (χ3n) is 0.779. The Labute approximate surface area is 55.4 Å². The maximum absolute atomic E-state index is 5.10. The van der Waals surface area contributed by atoms with E-state index in [2.05, 4.69) is 24.5 Å². The topological polar surface area (TPSA) is 40.1 Å². The molecular weight excluding hydrogens is 120 g/mol. The van der Waals surface area contributed by atoms with Gasteiger partial charge >= 0.3 is 0 Å². The largest absolute Gasteiger partial charge is 0.375 e. The van der Waals surface area contributed by atoms with Crippen LogP contribution in [0.3, 0.4) is 0 Å². The maximum Gasteiger partial charge on any atom is 0.185 e. The average molecular weight is 131 g/mol. The molecule has 0 rings (SSSR count). The van der Waals surface area contributed by atoms with Crippen molar-refractivity contribution < 1.29 is 0 Å². The monoisotopic (exact) mass is 131 g/mol. The number of unbranched alkanes of at least 4 members (excludes halogenated alkanes) is 1. The summed E-state index contributed by atoms with van der Waals surface area (Å²) in [5.74, 6) is 0. The van der Waals surface area contributed by atoms with Gasteiger partial charge in [0.25, 0.3) is 0 Å². The molecule has 0 bridgehead atoms. The van der Waals surface area contributed by atoms with Crippen LogP contribution in [0.25, 0.3) is 0 Å². The summed E-state index contributed by atoms with van der Waals surface area (Å²) >= 11 is 4.52. The van der Waals surface area contributed by atoms with Crippen LogP contribution in [-0.4, -0.2) is 11.7 Å². The summed E-state index contributed by atoms with van der Waals surface area (Å²) < 4.78 is 0. The van der Waals surface area contributed by atoms with Gasteiger partial charge in [0.15, 0.2) is 5.11 Å². The fourth-order valence-corrected chi connectivity index (χ4v) is 0.439. The van der Waals surface area contributed by atoms with Crippen molar-refractivity contribution >= 4 is 17.3 Å². The molecule has 0 aliphatic heterocycles. The summed E-state index contributed by atoms with van der Waals surface area (Å²) in [6.45, 7) is 2.89. The van der Waals surface area contributed by atoms with Crippen LogP contribution >= 0.6 is 12.2 Å². The van der Waals surface area contributed by atoms with E-state index < -0.39 is 0 Å². The second kappa shape index (κ2) is 4.84. The molecule has 0 saturated carbocycles. The van der Waals surface area contributed by atoms with Gasteiger partial charge in [-0.1, -0.05) is 13.3 Å². The van der Waals surface area contributed by atoms with Crippen LogP contribution in [0.1, 0.15) is 19.8 Å². The van der Waals surface area contributed by atoms with E-state index in [1.807, 2.05) is 0 Å². The highest BCUT2D eigenvalue weighted by molar-refractivity contribution is 7.80. The molecule has 0 aliphatic rings. The number of hydrogen-bond acceptors (Lipinski definition) is 1. The van der Waals surface area contributed by atoms with E-state index in [0.717, 1.165) is 19.4 Å². The molecule has 0 saturated heterocycles. The Morgan fingerprint density at radius 2 is 2.38 bits per heavy atom. The van der Waals surface area contributed by atoms with Crippen LogP contribution in [0.4, 0.5) is 0 Å². The van der Waals surface area contributed by atoms with Gasteiger partial charge < -0.3 is 5.73 Å². The Morgan fingerprint density at radius 1 is 1.75 bits per heavy atom. The second-order valence-corrected chi connectivity index (χ2v) is 1.99. The summed E-state index contributed by atoms with van der Waals surface area (Å²) in [5.41, 5.74) is 5.10. The van der Waals surface area contributed by atoms with Gasteiger partial charge in [-0.25, -0.2) is 0 Å². The fraction of sp³-hybridized carbons (Fsp3) is 0.800. The van der Waals surface area contributed by atoms with Gasteiger partial charge in [0.2, 0.25) is 0 Å². The molecule has 0 aromatic carbocycles. The highest BCUT2D eigenvalue weighted by atomic mass is 32.1. The Morgan fingerprint density at radius 3 is 2.75 bits per heavy atom. The standard InChI is InChI=1S/C5H11N2S/c1-2-3-4-7-5(6)8/h2-4H2,1H3,(H2,6,8). The SMILES string of the molecule is CCCC[N]C(N)=S. The molecule has 3 heteroatoms. The predicted octanol–water partition coefficient (Wildman–Crippen LogP) is 0.635. The minimum Gasteiger partial charge on any atom is -0.375 e.